The van der Waals surface area contributed by atoms with Crippen molar-refractivity contribution < 1.29 is 19.1 Å². The summed E-state index contributed by atoms with van der Waals surface area (Å²) >= 11 is 9.14. The van der Waals surface area contributed by atoms with E-state index in [9.17, 15) is 9.59 Å². The first-order valence-corrected chi connectivity index (χ1v) is 11.3. The number of nitrogens with zero attached hydrogens (tertiary/aromatic N) is 2. The Balaban J connectivity index is 1.38. The zero-order valence-electron chi connectivity index (χ0n) is 15.7. The molecule has 1 aliphatic rings. The van der Waals surface area contributed by atoms with Crippen molar-refractivity contribution in [1.29, 1.82) is 0 Å². The largest absolute Gasteiger partial charge is 0.480 e. The van der Waals surface area contributed by atoms with E-state index in [1.165, 1.54) is 5.01 Å². The van der Waals surface area contributed by atoms with Gasteiger partial charge in [-0.3, -0.25) is 4.79 Å². The van der Waals surface area contributed by atoms with Gasteiger partial charge in [0.05, 0.1) is 21.7 Å². The summed E-state index contributed by atoms with van der Waals surface area (Å²) in [6.07, 6.45) is 0.621. The third-order valence-corrected chi connectivity index (χ3v) is 6.59. The van der Waals surface area contributed by atoms with Crippen molar-refractivity contribution in [1.82, 2.24) is 5.01 Å². The molecule has 0 bridgehead atoms. The first-order valence-electron chi connectivity index (χ1n) is 9.11. The summed E-state index contributed by atoms with van der Waals surface area (Å²) in [7, 11) is 0. The molecule has 4 rings (SSSR count). The van der Waals surface area contributed by atoms with Gasteiger partial charge in [-0.15, -0.1) is 22.7 Å². The third-order valence-electron chi connectivity index (χ3n) is 4.38. The van der Waals surface area contributed by atoms with Crippen LogP contribution in [0.2, 0.25) is 5.02 Å². The van der Waals surface area contributed by atoms with E-state index in [0.717, 1.165) is 15.5 Å². The van der Waals surface area contributed by atoms with Gasteiger partial charge in [-0.2, -0.15) is 5.10 Å². The molecule has 1 aromatic carbocycles. The Labute approximate surface area is 186 Å². The minimum absolute atomic E-state index is 0.201. The fourth-order valence-corrected chi connectivity index (χ4v) is 4.71. The van der Waals surface area contributed by atoms with Crippen LogP contribution in [-0.4, -0.2) is 35.8 Å². The second kappa shape index (κ2) is 9.42. The molecule has 0 fully saturated rings. The minimum Gasteiger partial charge on any atom is -0.480 e. The van der Waals surface area contributed by atoms with E-state index in [-0.39, 0.29) is 18.6 Å². The number of esters is 1. The lowest BCUT2D eigenvalue weighted by Crippen LogP contribution is -2.31. The first kappa shape index (κ1) is 20.6. The monoisotopic (exact) mass is 460 g/mol. The van der Waals surface area contributed by atoms with Crippen LogP contribution in [-0.2, 0) is 14.3 Å². The smallest absolute Gasteiger partial charge is 0.344 e. The molecule has 2 aromatic heterocycles. The van der Waals surface area contributed by atoms with Gasteiger partial charge in [-0.25, -0.2) is 9.80 Å². The van der Waals surface area contributed by atoms with Crippen molar-refractivity contribution in [3.05, 3.63) is 74.1 Å². The van der Waals surface area contributed by atoms with Crippen LogP contribution in [0.5, 0.6) is 5.75 Å². The lowest BCUT2D eigenvalue weighted by Gasteiger charge is -2.20. The number of rotatable bonds is 7. The van der Waals surface area contributed by atoms with E-state index in [2.05, 4.69) is 5.10 Å². The average molecular weight is 461 g/mol. The van der Waals surface area contributed by atoms with Gasteiger partial charge in [-0.05, 0) is 35.0 Å². The van der Waals surface area contributed by atoms with E-state index < -0.39 is 12.6 Å². The van der Waals surface area contributed by atoms with E-state index in [4.69, 9.17) is 21.1 Å². The Morgan fingerprint density at radius 2 is 1.87 bits per heavy atom. The third kappa shape index (κ3) is 4.72. The van der Waals surface area contributed by atoms with Crippen LogP contribution >= 0.6 is 34.3 Å². The number of hydrazone groups is 1. The number of halogens is 1. The van der Waals surface area contributed by atoms with Crippen LogP contribution < -0.4 is 4.74 Å². The number of hydrogen-bond donors (Lipinski definition) is 0. The fourth-order valence-electron chi connectivity index (χ4n) is 2.98. The second-order valence-electron chi connectivity index (χ2n) is 6.38. The number of hydrogen-bond acceptors (Lipinski definition) is 7. The quantitative estimate of drug-likeness (QED) is 0.476. The highest BCUT2D eigenvalue weighted by atomic mass is 35.5. The standard InChI is InChI=1S/C21H17ClN2O4S2/c22-14-5-1-2-6-17(14)27-13-21(26)28-12-20(25)24-16(19-8-4-10-30-19)11-15(23-24)18-7-3-9-29-18/h1-10,16H,11-13H2. The first-order chi connectivity index (χ1) is 14.6. The summed E-state index contributed by atoms with van der Waals surface area (Å²) in [4.78, 5) is 26.9. The van der Waals surface area contributed by atoms with E-state index in [0.29, 0.717) is 17.2 Å². The van der Waals surface area contributed by atoms with Crippen molar-refractivity contribution in [2.75, 3.05) is 13.2 Å². The maximum Gasteiger partial charge on any atom is 0.344 e. The lowest BCUT2D eigenvalue weighted by molar-refractivity contribution is -0.154. The minimum atomic E-state index is -0.655. The van der Waals surface area contributed by atoms with Gasteiger partial charge in [0, 0.05) is 11.3 Å². The van der Waals surface area contributed by atoms with Crippen LogP contribution in [0, 0.1) is 0 Å². The highest BCUT2D eigenvalue weighted by Gasteiger charge is 2.34. The number of ether oxygens (including phenoxy) is 2. The van der Waals surface area contributed by atoms with Gasteiger partial charge in [0.15, 0.2) is 13.2 Å². The molecule has 0 spiro atoms. The molecule has 0 aliphatic carbocycles. The molecule has 9 heteroatoms. The molecule has 1 unspecified atom stereocenters. The maximum absolute atomic E-state index is 12.8. The van der Waals surface area contributed by atoms with Crippen LogP contribution in [0.4, 0.5) is 0 Å². The van der Waals surface area contributed by atoms with E-state index in [1.54, 1.807) is 46.9 Å². The Hall–Kier alpha value is -2.68. The SMILES string of the molecule is O=C(COc1ccccc1Cl)OCC(=O)N1N=C(c2cccs2)CC1c1cccs1. The van der Waals surface area contributed by atoms with Crippen LogP contribution in [0.25, 0.3) is 0 Å². The zero-order valence-corrected chi connectivity index (χ0v) is 18.1. The van der Waals surface area contributed by atoms with E-state index >= 15 is 0 Å². The summed E-state index contributed by atoms with van der Waals surface area (Å²) in [6, 6.07) is 14.5. The predicted octanol–water partition coefficient (Wildman–Crippen LogP) is 4.76. The molecule has 0 saturated carbocycles. The molecule has 1 aliphatic heterocycles. The Morgan fingerprint density at radius 3 is 2.60 bits per heavy atom. The summed E-state index contributed by atoms with van der Waals surface area (Å²) in [5, 5.41) is 10.3. The highest BCUT2D eigenvalue weighted by molar-refractivity contribution is 7.12. The predicted molar refractivity (Wildman–Crippen MR) is 117 cm³/mol. The Morgan fingerprint density at radius 1 is 1.07 bits per heavy atom. The van der Waals surface area contributed by atoms with Gasteiger partial charge in [0.25, 0.3) is 5.91 Å². The van der Waals surface area contributed by atoms with Crippen LogP contribution in [0.15, 0.2) is 64.4 Å². The summed E-state index contributed by atoms with van der Waals surface area (Å²) in [6.45, 7) is -0.747. The molecule has 0 N–H and O–H groups in total. The molecule has 30 heavy (non-hydrogen) atoms. The zero-order chi connectivity index (χ0) is 20.9. The molecule has 0 radical (unpaired) electrons. The number of amides is 1. The summed E-state index contributed by atoms with van der Waals surface area (Å²) in [5.74, 6) is -0.659. The maximum atomic E-state index is 12.8. The molecule has 1 atom stereocenters. The number of thiophene rings is 2. The van der Waals surface area contributed by atoms with Gasteiger partial charge in [-0.1, -0.05) is 35.9 Å². The lowest BCUT2D eigenvalue weighted by atomic mass is 10.1. The van der Waals surface area contributed by atoms with Gasteiger partial charge in [0.1, 0.15) is 5.75 Å². The van der Waals surface area contributed by atoms with Crippen molar-refractivity contribution >= 4 is 51.9 Å². The normalized spacial score (nSPS) is 15.7. The summed E-state index contributed by atoms with van der Waals surface area (Å²) in [5.41, 5.74) is 0.852. The van der Waals surface area contributed by atoms with Gasteiger partial charge in [0.2, 0.25) is 0 Å². The molecule has 6 nitrogen and oxygen atoms in total. The number of benzene rings is 1. The van der Waals surface area contributed by atoms with Crippen molar-refractivity contribution in [3.8, 4) is 5.75 Å². The van der Waals surface area contributed by atoms with Gasteiger partial charge >= 0.3 is 5.97 Å². The summed E-state index contributed by atoms with van der Waals surface area (Å²) < 4.78 is 10.5. The van der Waals surface area contributed by atoms with E-state index in [1.807, 2.05) is 35.0 Å². The number of carbonyl (C=O) groups excluding carboxylic acids is 2. The fraction of sp³-hybridized carbons (Fsp3) is 0.190. The highest BCUT2D eigenvalue weighted by Crippen LogP contribution is 2.35. The average Bonchev–Trinajstić information content (AvgIpc) is 3.51. The molecular formula is C21H17ClN2O4S2. The molecular weight excluding hydrogens is 444 g/mol. The van der Waals surface area contributed by atoms with Crippen LogP contribution in [0.3, 0.4) is 0 Å². The van der Waals surface area contributed by atoms with Crippen molar-refractivity contribution in [2.45, 2.75) is 12.5 Å². The Kier molecular flexibility index (Phi) is 6.47. The van der Waals surface area contributed by atoms with Crippen LogP contribution in [0.1, 0.15) is 22.2 Å². The molecule has 154 valence electrons. The molecule has 3 heterocycles. The van der Waals surface area contributed by atoms with Crippen molar-refractivity contribution in [2.24, 2.45) is 5.10 Å². The van der Waals surface area contributed by atoms with Crippen molar-refractivity contribution in [3.63, 3.8) is 0 Å². The van der Waals surface area contributed by atoms with Gasteiger partial charge < -0.3 is 9.47 Å². The molecule has 3 aromatic rings. The second-order valence-corrected chi connectivity index (χ2v) is 8.71. The Bertz CT molecular complexity index is 1050. The number of para-hydroxylation sites is 1. The number of carbonyl (C=O) groups is 2. The molecule has 1 amide bonds. The topological polar surface area (TPSA) is 68.2 Å². The molecule has 0 saturated heterocycles.